The van der Waals surface area contributed by atoms with E-state index in [-0.39, 0.29) is 28.9 Å². The number of likely N-dealkylation sites (tertiary alicyclic amines) is 1. The van der Waals surface area contributed by atoms with Crippen LogP contribution in [0.4, 0.5) is 4.79 Å². The van der Waals surface area contributed by atoms with E-state index in [0.717, 1.165) is 25.9 Å². The fourth-order valence-corrected chi connectivity index (χ4v) is 4.56. The molecule has 3 fully saturated rings. The van der Waals surface area contributed by atoms with Gasteiger partial charge in [-0.2, -0.15) is 0 Å². The number of hydrogen-bond donors (Lipinski definition) is 1. The normalized spacial score (nSPS) is 30.6. The highest BCUT2D eigenvalue weighted by Crippen LogP contribution is 2.43. The van der Waals surface area contributed by atoms with Gasteiger partial charge in [-0.05, 0) is 43.6 Å². The summed E-state index contributed by atoms with van der Waals surface area (Å²) < 4.78 is 5.00. The first-order valence-corrected chi connectivity index (χ1v) is 9.20. The van der Waals surface area contributed by atoms with Gasteiger partial charge in [0, 0.05) is 19.0 Å². The Balaban J connectivity index is 1.34. The van der Waals surface area contributed by atoms with E-state index in [1.54, 1.807) is 0 Å². The van der Waals surface area contributed by atoms with Crippen molar-refractivity contribution in [2.24, 2.45) is 5.92 Å². The van der Waals surface area contributed by atoms with Gasteiger partial charge in [-0.25, -0.2) is 4.79 Å². The molecule has 1 aromatic carbocycles. The van der Waals surface area contributed by atoms with Crippen LogP contribution in [-0.4, -0.2) is 42.1 Å². The van der Waals surface area contributed by atoms with Gasteiger partial charge in [0.15, 0.2) is 0 Å². The lowest BCUT2D eigenvalue weighted by Gasteiger charge is -2.46. The van der Waals surface area contributed by atoms with Crippen LogP contribution < -0.4 is 5.32 Å². The van der Waals surface area contributed by atoms with Gasteiger partial charge in [-0.1, -0.05) is 36.8 Å². The average molecular weight is 342 g/mol. The summed E-state index contributed by atoms with van der Waals surface area (Å²) in [7, 11) is 0. The molecule has 0 radical (unpaired) electrons. The van der Waals surface area contributed by atoms with E-state index in [2.05, 4.69) is 43.4 Å². The molecule has 2 aliphatic heterocycles. The maximum absolute atomic E-state index is 12.8. The number of alkyl carbamates (subject to hydrolysis) is 1. The van der Waals surface area contributed by atoms with E-state index in [1.807, 2.05) is 4.90 Å². The highest BCUT2D eigenvalue weighted by molar-refractivity contribution is 5.81. The number of hydrogen-bond acceptors (Lipinski definition) is 3. The molecule has 0 aromatic heterocycles. The number of piperidine rings is 1. The summed E-state index contributed by atoms with van der Waals surface area (Å²) in [4.78, 5) is 26.0. The maximum atomic E-state index is 12.8. The van der Waals surface area contributed by atoms with E-state index in [9.17, 15) is 9.59 Å². The fourth-order valence-electron chi connectivity index (χ4n) is 4.56. The second-order valence-corrected chi connectivity index (χ2v) is 8.34. The van der Waals surface area contributed by atoms with Crippen LogP contribution in [0, 0.1) is 12.8 Å². The van der Waals surface area contributed by atoms with Gasteiger partial charge < -0.3 is 15.0 Å². The number of rotatable bonds is 2. The van der Waals surface area contributed by atoms with E-state index < -0.39 is 0 Å². The highest BCUT2D eigenvalue weighted by atomic mass is 16.6. The van der Waals surface area contributed by atoms with Crippen LogP contribution in [0.15, 0.2) is 24.3 Å². The van der Waals surface area contributed by atoms with Gasteiger partial charge in [0.1, 0.15) is 6.61 Å². The van der Waals surface area contributed by atoms with Crippen molar-refractivity contribution in [3.8, 4) is 0 Å². The first kappa shape index (κ1) is 16.4. The van der Waals surface area contributed by atoms with E-state index in [0.29, 0.717) is 19.4 Å². The molecule has 1 aliphatic carbocycles. The molecular formula is C20H26N2O3. The van der Waals surface area contributed by atoms with E-state index in [1.165, 1.54) is 11.1 Å². The zero-order valence-corrected chi connectivity index (χ0v) is 15.0. The Morgan fingerprint density at radius 2 is 2.00 bits per heavy atom. The summed E-state index contributed by atoms with van der Waals surface area (Å²) in [6.45, 7) is 6.48. The number of benzene rings is 1. The minimum Gasteiger partial charge on any atom is -0.447 e. The predicted octanol–water partition coefficient (Wildman–Crippen LogP) is 2.76. The molecule has 2 heterocycles. The first-order chi connectivity index (χ1) is 11.9. The molecule has 5 heteroatoms. The summed E-state index contributed by atoms with van der Waals surface area (Å²) >= 11 is 0. The molecule has 1 aromatic rings. The van der Waals surface area contributed by atoms with E-state index >= 15 is 0 Å². The van der Waals surface area contributed by atoms with Crippen LogP contribution >= 0.6 is 0 Å². The third kappa shape index (κ3) is 2.90. The molecule has 0 atom stereocenters. The van der Waals surface area contributed by atoms with Gasteiger partial charge >= 0.3 is 6.09 Å². The number of aryl methyl sites for hydroxylation is 1. The van der Waals surface area contributed by atoms with Gasteiger partial charge in [0.2, 0.25) is 5.91 Å². The molecule has 5 nitrogen and oxygen atoms in total. The monoisotopic (exact) mass is 342 g/mol. The molecule has 1 spiro atoms. The number of nitrogens with zero attached hydrogens (tertiary/aromatic N) is 1. The quantitative estimate of drug-likeness (QED) is 0.899. The van der Waals surface area contributed by atoms with Crippen molar-refractivity contribution in [2.75, 3.05) is 19.7 Å². The number of amides is 2. The standard InChI is InChI=1S/C20H26N2O3/c1-14-4-3-5-16(10-14)19(2)6-8-22(9-7-19)17(23)15-11-20(12-15)13-25-18(24)21-20/h3-5,10,15H,6-9,11-13H2,1-2H3,(H,21,24)/t15-,20+. The van der Waals surface area contributed by atoms with Crippen molar-refractivity contribution >= 4 is 12.0 Å². The topological polar surface area (TPSA) is 58.6 Å². The van der Waals surface area contributed by atoms with Crippen molar-refractivity contribution in [1.82, 2.24) is 10.2 Å². The third-order valence-corrected chi connectivity index (χ3v) is 6.36. The Hall–Kier alpha value is -2.04. The molecule has 0 bridgehead atoms. The van der Waals surface area contributed by atoms with Crippen LogP contribution in [-0.2, 0) is 14.9 Å². The van der Waals surface area contributed by atoms with E-state index in [4.69, 9.17) is 4.74 Å². The molecule has 1 saturated carbocycles. The maximum Gasteiger partial charge on any atom is 0.407 e. The number of carbonyl (C=O) groups excluding carboxylic acids is 2. The van der Waals surface area contributed by atoms with Crippen LogP contribution in [0.25, 0.3) is 0 Å². The van der Waals surface area contributed by atoms with Gasteiger partial charge in [0.05, 0.1) is 5.54 Å². The smallest absolute Gasteiger partial charge is 0.407 e. The van der Waals surface area contributed by atoms with Gasteiger partial charge in [-0.15, -0.1) is 0 Å². The summed E-state index contributed by atoms with van der Waals surface area (Å²) in [5.74, 6) is 0.281. The van der Waals surface area contributed by atoms with Crippen molar-refractivity contribution < 1.29 is 14.3 Å². The average Bonchev–Trinajstić information content (AvgIpc) is 2.96. The van der Waals surface area contributed by atoms with Crippen LogP contribution in [0.2, 0.25) is 0 Å². The molecule has 0 unspecified atom stereocenters. The Morgan fingerprint density at radius 1 is 1.28 bits per heavy atom. The van der Waals surface area contributed by atoms with Gasteiger partial charge in [-0.3, -0.25) is 4.79 Å². The fraction of sp³-hybridized carbons (Fsp3) is 0.600. The molecule has 25 heavy (non-hydrogen) atoms. The molecular weight excluding hydrogens is 316 g/mol. The van der Waals surface area contributed by atoms with Gasteiger partial charge in [0.25, 0.3) is 0 Å². The Labute approximate surface area is 148 Å². The summed E-state index contributed by atoms with van der Waals surface area (Å²) in [5.41, 5.74) is 2.55. The zero-order chi connectivity index (χ0) is 17.7. The Morgan fingerprint density at radius 3 is 2.60 bits per heavy atom. The van der Waals surface area contributed by atoms with Crippen molar-refractivity contribution in [3.63, 3.8) is 0 Å². The lowest BCUT2D eigenvalue weighted by molar-refractivity contribution is -0.142. The molecule has 4 rings (SSSR count). The van der Waals surface area contributed by atoms with Crippen molar-refractivity contribution in [2.45, 2.75) is 50.5 Å². The Kier molecular flexibility index (Phi) is 3.78. The molecule has 1 N–H and O–H groups in total. The Bertz CT molecular complexity index is 701. The van der Waals surface area contributed by atoms with Crippen LogP contribution in [0.3, 0.4) is 0 Å². The summed E-state index contributed by atoms with van der Waals surface area (Å²) in [6.07, 6.45) is 3.07. The lowest BCUT2D eigenvalue weighted by atomic mass is 9.68. The first-order valence-electron chi connectivity index (χ1n) is 9.20. The number of nitrogens with one attached hydrogen (secondary N) is 1. The molecule has 134 valence electrons. The largest absolute Gasteiger partial charge is 0.447 e. The SMILES string of the molecule is Cc1cccc(C2(C)CCN(C(=O)[C@H]3C[C@]4(COC(=O)N4)C3)CC2)c1. The van der Waals surface area contributed by atoms with Crippen LogP contribution in [0.5, 0.6) is 0 Å². The zero-order valence-electron chi connectivity index (χ0n) is 15.0. The third-order valence-electron chi connectivity index (χ3n) is 6.36. The summed E-state index contributed by atoms with van der Waals surface area (Å²) in [6, 6.07) is 8.74. The number of cyclic esters (lactones) is 1. The predicted molar refractivity (Wildman–Crippen MR) is 94.3 cm³/mol. The summed E-state index contributed by atoms with van der Waals surface area (Å²) in [5, 5.41) is 2.86. The second-order valence-electron chi connectivity index (χ2n) is 8.34. The van der Waals surface area contributed by atoms with Crippen LogP contribution in [0.1, 0.15) is 43.7 Å². The van der Waals surface area contributed by atoms with Crippen molar-refractivity contribution in [3.05, 3.63) is 35.4 Å². The molecule has 2 saturated heterocycles. The number of carbonyl (C=O) groups is 2. The molecule has 2 amide bonds. The molecule has 3 aliphatic rings. The highest BCUT2D eigenvalue weighted by Gasteiger charge is 2.53. The number of ether oxygens (including phenoxy) is 1. The minimum atomic E-state index is -0.349. The second kappa shape index (κ2) is 5.75. The minimum absolute atomic E-state index is 0.0327. The van der Waals surface area contributed by atoms with Crippen molar-refractivity contribution in [1.29, 1.82) is 0 Å². The lowest BCUT2D eigenvalue weighted by Crippen LogP contribution is -2.59.